The molecule has 7 heteroatoms. The van der Waals surface area contributed by atoms with E-state index in [1.807, 2.05) is 108 Å². The predicted molar refractivity (Wildman–Crippen MR) is 193 cm³/mol. The first-order chi connectivity index (χ1) is 23.5. The number of aromatic nitrogens is 1. The molecule has 1 aliphatic heterocycles. The number of nitrogens with one attached hydrogen (secondary N) is 1. The Kier molecular flexibility index (Phi) is 8.92. The summed E-state index contributed by atoms with van der Waals surface area (Å²) in [6.45, 7) is 3.41. The Hall–Kier alpha value is -5.82. The molecule has 5 aromatic carbocycles. The minimum Gasteiger partial charge on any atom is -0.493 e. The summed E-state index contributed by atoms with van der Waals surface area (Å²) in [6, 6.07) is 38.0. The minimum absolute atomic E-state index is 0.0320. The number of aryl methyl sites for hydroxylation is 1. The first-order valence-corrected chi connectivity index (χ1v) is 16.4. The smallest absolute Gasteiger partial charge is 0.352 e. The predicted octanol–water partition coefficient (Wildman–Crippen LogP) is 8.16. The Bertz CT molecular complexity index is 2100. The van der Waals surface area contributed by atoms with Crippen molar-refractivity contribution in [3.63, 3.8) is 0 Å². The number of benzene rings is 5. The van der Waals surface area contributed by atoms with Crippen LogP contribution in [0.3, 0.4) is 0 Å². The van der Waals surface area contributed by atoms with E-state index in [0.29, 0.717) is 38.1 Å². The fourth-order valence-electron chi connectivity index (χ4n) is 6.58. The highest BCUT2D eigenvalue weighted by molar-refractivity contribution is 6.01. The second-order valence-corrected chi connectivity index (χ2v) is 12.1. The normalized spacial score (nSPS) is 13.4. The van der Waals surface area contributed by atoms with Crippen molar-refractivity contribution in [3.05, 3.63) is 143 Å². The van der Waals surface area contributed by atoms with Gasteiger partial charge in [0.25, 0.3) is 5.91 Å². The molecule has 1 aromatic heterocycles. The molecule has 240 valence electrons. The lowest BCUT2D eigenvalue weighted by molar-refractivity contribution is 0.0689. The van der Waals surface area contributed by atoms with Crippen LogP contribution >= 0.6 is 0 Å². The molecular formula is C41H37N3O4. The van der Waals surface area contributed by atoms with Crippen LogP contribution in [0.2, 0.25) is 0 Å². The van der Waals surface area contributed by atoms with Crippen LogP contribution in [-0.4, -0.2) is 59.7 Å². The monoisotopic (exact) mass is 635 g/mol. The summed E-state index contributed by atoms with van der Waals surface area (Å²) in [5, 5.41) is 13.1. The number of ether oxygens (including phenoxy) is 1. The molecule has 0 aliphatic carbocycles. The highest BCUT2D eigenvalue weighted by Crippen LogP contribution is 2.29. The van der Waals surface area contributed by atoms with Crippen molar-refractivity contribution in [2.45, 2.75) is 12.8 Å². The number of aromatic carboxylic acids is 1. The van der Waals surface area contributed by atoms with Crippen LogP contribution in [-0.2, 0) is 6.42 Å². The molecule has 1 saturated heterocycles. The Morgan fingerprint density at radius 2 is 1.50 bits per heavy atom. The molecule has 0 radical (unpaired) electrons. The van der Waals surface area contributed by atoms with Gasteiger partial charge in [-0.25, -0.2) is 4.79 Å². The molecule has 48 heavy (non-hydrogen) atoms. The number of hydrogen-bond donors (Lipinski definition) is 2. The Labute approximate surface area is 279 Å². The van der Waals surface area contributed by atoms with Gasteiger partial charge in [-0.05, 0) is 65.3 Å². The van der Waals surface area contributed by atoms with Gasteiger partial charge in [-0.1, -0.05) is 97.1 Å². The Morgan fingerprint density at radius 1 is 0.771 bits per heavy atom. The van der Waals surface area contributed by atoms with Gasteiger partial charge in [-0.15, -0.1) is 0 Å². The van der Waals surface area contributed by atoms with Crippen molar-refractivity contribution >= 4 is 51.4 Å². The molecule has 2 heterocycles. The quantitative estimate of drug-likeness (QED) is 0.117. The third-order valence-corrected chi connectivity index (χ3v) is 9.04. The van der Waals surface area contributed by atoms with Crippen molar-refractivity contribution in [3.8, 4) is 5.75 Å². The molecule has 0 saturated carbocycles. The molecule has 0 bridgehead atoms. The van der Waals surface area contributed by atoms with Gasteiger partial charge >= 0.3 is 5.97 Å². The Morgan fingerprint density at radius 3 is 2.33 bits per heavy atom. The summed E-state index contributed by atoms with van der Waals surface area (Å²) in [7, 11) is 0. The maximum Gasteiger partial charge on any atom is 0.352 e. The van der Waals surface area contributed by atoms with Gasteiger partial charge < -0.3 is 24.6 Å². The van der Waals surface area contributed by atoms with Gasteiger partial charge in [0.1, 0.15) is 11.4 Å². The number of carboxylic acid groups (broad SMARTS) is 1. The van der Waals surface area contributed by atoms with Gasteiger partial charge in [-0.2, -0.15) is 0 Å². The van der Waals surface area contributed by atoms with Crippen LogP contribution < -0.4 is 9.64 Å². The van der Waals surface area contributed by atoms with E-state index in [1.54, 1.807) is 0 Å². The van der Waals surface area contributed by atoms with E-state index in [0.717, 1.165) is 57.2 Å². The number of hydrogen-bond acceptors (Lipinski definition) is 4. The van der Waals surface area contributed by atoms with Crippen molar-refractivity contribution < 1.29 is 19.4 Å². The van der Waals surface area contributed by atoms with Crippen molar-refractivity contribution in [2.24, 2.45) is 0 Å². The molecule has 7 rings (SSSR count). The first kappa shape index (κ1) is 30.8. The molecule has 7 nitrogen and oxygen atoms in total. The van der Waals surface area contributed by atoms with E-state index in [4.69, 9.17) is 4.74 Å². The van der Waals surface area contributed by atoms with Crippen molar-refractivity contribution in [1.82, 2.24) is 9.88 Å². The van der Waals surface area contributed by atoms with Gasteiger partial charge in [-0.3, -0.25) is 4.79 Å². The minimum atomic E-state index is -0.984. The zero-order chi connectivity index (χ0) is 32.9. The second-order valence-electron chi connectivity index (χ2n) is 12.1. The van der Waals surface area contributed by atoms with Crippen LogP contribution in [0, 0.1) is 0 Å². The molecule has 0 spiro atoms. The van der Waals surface area contributed by atoms with E-state index in [1.165, 1.54) is 5.69 Å². The zero-order valence-electron chi connectivity index (χ0n) is 26.6. The standard InChI is InChI=1S/C41H37N3O4/c45-40(44-25-23-43(24-26-44)33-15-2-1-3-16-33)32-14-6-10-29(28-32)21-22-31-13-7-18-35-36(39(41(46)47)42-38(31)35)19-9-27-48-37-20-8-12-30-11-4-5-17-34(30)37/h1-8,10-18,20-22,28,42H,9,19,23-27H2,(H,46,47). The van der Waals surface area contributed by atoms with E-state index < -0.39 is 5.97 Å². The molecule has 1 amide bonds. The van der Waals surface area contributed by atoms with Crippen LogP contribution in [0.4, 0.5) is 5.69 Å². The number of nitrogens with zero attached hydrogens (tertiary/aromatic N) is 2. The number of amides is 1. The topological polar surface area (TPSA) is 85.9 Å². The lowest BCUT2D eigenvalue weighted by atomic mass is 10.0. The van der Waals surface area contributed by atoms with Gasteiger partial charge in [0, 0.05) is 48.2 Å². The molecule has 1 aliphatic rings. The van der Waals surface area contributed by atoms with Crippen LogP contribution in [0.25, 0.3) is 33.8 Å². The maximum atomic E-state index is 13.4. The average molecular weight is 636 g/mol. The highest BCUT2D eigenvalue weighted by Gasteiger charge is 2.22. The summed E-state index contributed by atoms with van der Waals surface area (Å²) in [5.74, 6) is -0.124. The number of rotatable bonds is 10. The number of carbonyl (C=O) groups is 2. The fraction of sp³-hybridized carbons (Fsp3) is 0.171. The lowest BCUT2D eigenvalue weighted by Crippen LogP contribution is -2.48. The fourth-order valence-corrected chi connectivity index (χ4v) is 6.58. The van der Waals surface area contributed by atoms with Gasteiger partial charge in [0.05, 0.1) is 12.1 Å². The highest BCUT2D eigenvalue weighted by atomic mass is 16.5. The number of aromatic amines is 1. The van der Waals surface area contributed by atoms with E-state index in [-0.39, 0.29) is 11.6 Å². The molecule has 0 unspecified atom stereocenters. The second kappa shape index (κ2) is 13.9. The summed E-state index contributed by atoms with van der Waals surface area (Å²) < 4.78 is 6.13. The third-order valence-electron chi connectivity index (χ3n) is 9.04. The average Bonchev–Trinajstić information content (AvgIpc) is 3.52. The largest absolute Gasteiger partial charge is 0.493 e. The molecule has 0 atom stereocenters. The molecule has 1 fully saturated rings. The van der Waals surface area contributed by atoms with E-state index in [2.05, 4.69) is 34.1 Å². The number of H-pyrrole nitrogens is 1. The van der Waals surface area contributed by atoms with Crippen molar-refractivity contribution in [1.29, 1.82) is 0 Å². The van der Waals surface area contributed by atoms with Gasteiger partial charge in [0.15, 0.2) is 0 Å². The van der Waals surface area contributed by atoms with E-state index >= 15 is 0 Å². The number of carbonyl (C=O) groups excluding carboxylic acids is 1. The first-order valence-electron chi connectivity index (χ1n) is 16.4. The zero-order valence-corrected chi connectivity index (χ0v) is 26.6. The van der Waals surface area contributed by atoms with Gasteiger partial charge in [0.2, 0.25) is 0 Å². The molecule has 2 N–H and O–H groups in total. The number of carboxylic acids is 1. The number of piperazine rings is 1. The van der Waals surface area contributed by atoms with Crippen molar-refractivity contribution in [2.75, 3.05) is 37.7 Å². The number of anilines is 1. The Balaban J connectivity index is 1.04. The SMILES string of the molecule is O=C(O)c1[nH]c2c(C=Cc3cccc(C(=O)N4CCN(c5ccccc5)CC4)c3)cccc2c1CCCOc1cccc2ccccc12. The maximum absolute atomic E-state index is 13.4. The summed E-state index contributed by atoms with van der Waals surface area (Å²) in [4.78, 5) is 33.1. The summed E-state index contributed by atoms with van der Waals surface area (Å²) >= 11 is 0. The number of fused-ring (bicyclic) bond motifs is 2. The van der Waals surface area contributed by atoms with Crippen LogP contribution in [0.1, 0.15) is 44.0 Å². The molecule has 6 aromatic rings. The van der Waals surface area contributed by atoms with Crippen LogP contribution in [0.15, 0.2) is 115 Å². The lowest BCUT2D eigenvalue weighted by Gasteiger charge is -2.36. The number of para-hydroxylation sites is 2. The summed E-state index contributed by atoms with van der Waals surface area (Å²) in [5.41, 5.74) is 5.37. The molecular weight excluding hydrogens is 598 g/mol. The third kappa shape index (κ3) is 6.53. The summed E-state index contributed by atoms with van der Waals surface area (Å²) in [6.07, 6.45) is 5.17. The van der Waals surface area contributed by atoms with Crippen LogP contribution in [0.5, 0.6) is 5.75 Å². The van der Waals surface area contributed by atoms with E-state index in [9.17, 15) is 14.7 Å².